The van der Waals surface area contributed by atoms with Crippen LogP contribution in [0, 0.1) is 5.92 Å². The van der Waals surface area contributed by atoms with Crippen LogP contribution in [0.2, 0.25) is 0 Å². The third-order valence-electron chi connectivity index (χ3n) is 3.24. The lowest BCUT2D eigenvalue weighted by atomic mass is 9.95. The van der Waals surface area contributed by atoms with Crippen LogP contribution in [-0.4, -0.2) is 31.0 Å². The standard InChI is InChI=1S/C15H22O4/c1-4-17-15(10(2)3)14(16)11-5-6-12-13(9-11)19-8-7-18-12/h5-6,9-10,14-16H,4,7-8H2,1-3H3. The van der Waals surface area contributed by atoms with Crippen molar-refractivity contribution >= 4 is 0 Å². The molecule has 0 bridgehead atoms. The van der Waals surface area contributed by atoms with Crippen LogP contribution < -0.4 is 9.47 Å². The molecule has 0 amide bonds. The fourth-order valence-electron chi connectivity index (χ4n) is 2.27. The first-order valence-electron chi connectivity index (χ1n) is 6.82. The molecule has 1 N–H and O–H groups in total. The number of aliphatic hydroxyl groups is 1. The van der Waals surface area contributed by atoms with Crippen molar-refractivity contribution in [2.45, 2.75) is 33.0 Å². The maximum atomic E-state index is 10.5. The van der Waals surface area contributed by atoms with E-state index in [9.17, 15) is 5.11 Å². The molecule has 1 aromatic rings. The lowest BCUT2D eigenvalue weighted by molar-refractivity contribution is -0.0586. The third kappa shape index (κ3) is 3.19. The predicted molar refractivity (Wildman–Crippen MR) is 72.6 cm³/mol. The molecule has 4 heteroatoms. The minimum atomic E-state index is -0.657. The summed E-state index contributed by atoms with van der Waals surface area (Å²) in [4.78, 5) is 0. The van der Waals surface area contributed by atoms with Crippen LogP contribution in [0.1, 0.15) is 32.4 Å². The highest BCUT2D eigenvalue weighted by molar-refractivity contribution is 5.44. The Labute approximate surface area is 114 Å². The van der Waals surface area contributed by atoms with Crippen molar-refractivity contribution < 1.29 is 19.3 Å². The predicted octanol–water partition coefficient (Wildman–Crippen LogP) is 2.55. The lowest BCUT2D eigenvalue weighted by Gasteiger charge is -2.27. The molecule has 1 aliphatic rings. The van der Waals surface area contributed by atoms with Crippen molar-refractivity contribution in [1.82, 2.24) is 0 Å². The molecule has 106 valence electrons. The summed E-state index contributed by atoms with van der Waals surface area (Å²) in [5, 5.41) is 10.5. The van der Waals surface area contributed by atoms with Crippen LogP contribution >= 0.6 is 0 Å². The van der Waals surface area contributed by atoms with Crippen LogP contribution in [0.5, 0.6) is 11.5 Å². The van der Waals surface area contributed by atoms with E-state index in [1.54, 1.807) is 0 Å². The van der Waals surface area contributed by atoms with Crippen LogP contribution in [0.4, 0.5) is 0 Å². The highest BCUT2D eigenvalue weighted by atomic mass is 16.6. The summed E-state index contributed by atoms with van der Waals surface area (Å²) in [7, 11) is 0. The second-order valence-electron chi connectivity index (χ2n) is 5.01. The minimum absolute atomic E-state index is 0.215. The molecule has 1 aliphatic heterocycles. The van der Waals surface area contributed by atoms with Gasteiger partial charge >= 0.3 is 0 Å². The van der Waals surface area contributed by atoms with Gasteiger partial charge in [0.1, 0.15) is 19.3 Å². The van der Waals surface area contributed by atoms with Crippen molar-refractivity contribution in [2.24, 2.45) is 5.92 Å². The van der Waals surface area contributed by atoms with Crippen molar-refractivity contribution in [2.75, 3.05) is 19.8 Å². The summed E-state index contributed by atoms with van der Waals surface area (Å²) in [6.07, 6.45) is -0.872. The smallest absolute Gasteiger partial charge is 0.161 e. The van der Waals surface area contributed by atoms with Gasteiger partial charge in [-0.15, -0.1) is 0 Å². The molecule has 2 unspecified atom stereocenters. The molecule has 4 nitrogen and oxygen atoms in total. The van der Waals surface area contributed by atoms with Gasteiger partial charge in [-0.2, -0.15) is 0 Å². The normalized spacial score (nSPS) is 17.3. The Kier molecular flexibility index (Phi) is 4.66. The van der Waals surface area contributed by atoms with Gasteiger partial charge in [-0.3, -0.25) is 0 Å². The molecule has 0 saturated heterocycles. The summed E-state index contributed by atoms with van der Waals surface area (Å²) in [6.45, 7) is 7.73. The van der Waals surface area contributed by atoms with Crippen molar-refractivity contribution in [1.29, 1.82) is 0 Å². The van der Waals surface area contributed by atoms with E-state index in [1.165, 1.54) is 0 Å². The Bertz CT molecular complexity index is 417. The van der Waals surface area contributed by atoms with Crippen LogP contribution in [-0.2, 0) is 4.74 Å². The fourth-order valence-corrected chi connectivity index (χ4v) is 2.27. The van der Waals surface area contributed by atoms with Gasteiger partial charge in [-0.25, -0.2) is 0 Å². The summed E-state index contributed by atoms with van der Waals surface area (Å²) >= 11 is 0. The zero-order chi connectivity index (χ0) is 13.8. The third-order valence-corrected chi connectivity index (χ3v) is 3.24. The quantitative estimate of drug-likeness (QED) is 0.889. The van der Waals surface area contributed by atoms with Gasteiger partial charge in [0.15, 0.2) is 11.5 Å². The van der Waals surface area contributed by atoms with Gasteiger partial charge in [-0.05, 0) is 30.5 Å². The van der Waals surface area contributed by atoms with Gasteiger partial charge in [0.05, 0.1) is 6.10 Å². The molecule has 0 radical (unpaired) electrons. The van der Waals surface area contributed by atoms with E-state index in [0.717, 1.165) is 11.3 Å². The monoisotopic (exact) mass is 266 g/mol. The molecule has 0 saturated carbocycles. The van der Waals surface area contributed by atoms with E-state index in [2.05, 4.69) is 0 Å². The average molecular weight is 266 g/mol. The number of hydrogen-bond acceptors (Lipinski definition) is 4. The minimum Gasteiger partial charge on any atom is -0.486 e. The van der Waals surface area contributed by atoms with Gasteiger partial charge in [0.25, 0.3) is 0 Å². The number of ether oxygens (including phenoxy) is 3. The van der Waals surface area contributed by atoms with Crippen molar-refractivity contribution in [3.8, 4) is 11.5 Å². The first-order chi connectivity index (χ1) is 9.13. The van der Waals surface area contributed by atoms with Gasteiger partial charge in [-0.1, -0.05) is 19.9 Å². The summed E-state index contributed by atoms with van der Waals surface area (Å²) in [6, 6.07) is 5.55. The van der Waals surface area contributed by atoms with Gasteiger partial charge in [0, 0.05) is 6.61 Å². The number of benzene rings is 1. The zero-order valence-electron chi connectivity index (χ0n) is 11.8. The second kappa shape index (κ2) is 6.26. The van der Waals surface area contributed by atoms with Crippen LogP contribution in [0.3, 0.4) is 0 Å². The first-order valence-corrected chi connectivity index (χ1v) is 6.82. The van der Waals surface area contributed by atoms with E-state index < -0.39 is 6.10 Å². The summed E-state index contributed by atoms with van der Waals surface area (Å²) in [5.74, 6) is 1.67. The molecule has 0 aromatic heterocycles. The maximum absolute atomic E-state index is 10.5. The Morgan fingerprint density at radius 2 is 1.89 bits per heavy atom. The molecule has 1 heterocycles. The molecule has 2 rings (SSSR count). The Morgan fingerprint density at radius 3 is 2.53 bits per heavy atom. The van der Waals surface area contributed by atoms with Crippen molar-refractivity contribution in [3.05, 3.63) is 23.8 Å². The Morgan fingerprint density at radius 1 is 1.21 bits per heavy atom. The molecule has 0 spiro atoms. The Balaban J connectivity index is 2.20. The molecule has 2 atom stereocenters. The SMILES string of the molecule is CCOC(C(C)C)C(O)c1ccc2c(c1)OCCO2. The molecular weight excluding hydrogens is 244 g/mol. The maximum Gasteiger partial charge on any atom is 0.161 e. The van der Waals surface area contributed by atoms with E-state index in [4.69, 9.17) is 14.2 Å². The fraction of sp³-hybridized carbons (Fsp3) is 0.600. The summed E-state index contributed by atoms with van der Waals surface area (Å²) in [5.41, 5.74) is 0.802. The Hall–Kier alpha value is -1.26. The molecular formula is C15H22O4. The average Bonchev–Trinajstić information content (AvgIpc) is 2.43. The second-order valence-corrected chi connectivity index (χ2v) is 5.01. The molecule has 19 heavy (non-hydrogen) atoms. The highest BCUT2D eigenvalue weighted by Crippen LogP contribution is 2.34. The lowest BCUT2D eigenvalue weighted by Crippen LogP contribution is -2.28. The van der Waals surface area contributed by atoms with Crippen LogP contribution in [0.25, 0.3) is 0 Å². The van der Waals surface area contributed by atoms with Crippen LogP contribution in [0.15, 0.2) is 18.2 Å². The largest absolute Gasteiger partial charge is 0.486 e. The molecule has 0 fully saturated rings. The van der Waals surface area contributed by atoms with Crippen molar-refractivity contribution in [3.63, 3.8) is 0 Å². The molecule has 0 aliphatic carbocycles. The van der Waals surface area contributed by atoms with Gasteiger partial charge in [0.2, 0.25) is 0 Å². The van der Waals surface area contributed by atoms with Gasteiger partial charge < -0.3 is 19.3 Å². The zero-order valence-corrected chi connectivity index (χ0v) is 11.8. The highest BCUT2D eigenvalue weighted by Gasteiger charge is 2.26. The van der Waals surface area contributed by atoms with E-state index in [-0.39, 0.29) is 12.0 Å². The number of aliphatic hydroxyl groups excluding tert-OH is 1. The topological polar surface area (TPSA) is 47.9 Å². The van der Waals surface area contributed by atoms with E-state index >= 15 is 0 Å². The molecule has 1 aromatic carbocycles. The number of fused-ring (bicyclic) bond motifs is 1. The van der Waals surface area contributed by atoms with E-state index in [0.29, 0.717) is 25.6 Å². The summed E-state index contributed by atoms with van der Waals surface area (Å²) < 4.78 is 16.7. The number of hydrogen-bond donors (Lipinski definition) is 1. The van der Waals surface area contributed by atoms with E-state index in [1.807, 2.05) is 39.0 Å². The number of rotatable bonds is 5. The first kappa shape index (κ1) is 14.2.